The van der Waals surface area contributed by atoms with Gasteiger partial charge in [0.2, 0.25) is 5.91 Å². The lowest BCUT2D eigenvalue weighted by molar-refractivity contribution is -0.133. The van der Waals surface area contributed by atoms with Crippen LogP contribution in [-0.4, -0.2) is 72.3 Å². The maximum absolute atomic E-state index is 13.8. The van der Waals surface area contributed by atoms with Crippen molar-refractivity contribution in [1.29, 1.82) is 0 Å². The zero-order valence-corrected chi connectivity index (χ0v) is 14.2. The van der Waals surface area contributed by atoms with E-state index in [0.29, 0.717) is 32.7 Å². The number of amides is 2. The Labute approximate surface area is 146 Å². The molecule has 136 valence electrons. The van der Waals surface area contributed by atoms with E-state index in [0.717, 1.165) is 38.1 Å². The number of hydrogen-bond donors (Lipinski definition) is 0. The second-order valence-corrected chi connectivity index (χ2v) is 6.61. The Morgan fingerprint density at radius 3 is 2.04 bits per heavy atom. The Kier molecular flexibility index (Phi) is 5.63. The predicted octanol–water partition coefficient (Wildman–Crippen LogP) is 1.74. The molecule has 1 aromatic rings. The van der Waals surface area contributed by atoms with Gasteiger partial charge in [-0.05, 0) is 31.4 Å². The maximum Gasteiger partial charge on any atom is 0.259 e. The molecular formula is C18H23F2N3O2. The van der Waals surface area contributed by atoms with Crippen molar-refractivity contribution < 1.29 is 18.4 Å². The average Bonchev–Trinajstić information content (AvgIpc) is 2.63. The fourth-order valence-electron chi connectivity index (χ4n) is 3.40. The zero-order valence-electron chi connectivity index (χ0n) is 14.2. The molecule has 2 fully saturated rings. The van der Waals surface area contributed by atoms with Gasteiger partial charge in [-0.25, -0.2) is 8.78 Å². The molecule has 0 aliphatic carbocycles. The highest BCUT2D eigenvalue weighted by Crippen LogP contribution is 2.16. The molecule has 0 unspecified atom stereocenters. The van der Waals surface area contributed by atoms with Crippen molar-refractivity contribution in [3.8, 4) is 0 Å². The summed E-state index contributed by atoms with van der Waals surface area (Å²) in [6, 6.07) is 3.42. The van der Waals surface area contributed by atoms with E-state index in [9.17, 15) is 18.4 Å². The number of rotatable bonds is 3. The molecule has 0 radical (unpaired) electrons. The van der Waals surface area contributed by atoms with E-state index in [1.807, 2.05) is 9.80 Å². The molecular weight excluding hydrogens is 328 g/mol. The maximum atomic E-state index is 13.8. The first-order chi connectivity index (χ1) is 12.1. The Bertz CT molecular complexity index is 619. The molecule has 0 aromatic heterocycles. The van der Waals surface area contributed by atoms with Crippen LogP contribution in [0.1, 0.15) is 29.6 Å². The van der Waals surface area contributed by atoms with Crippen molar-refractivity contribution in [3.05, 3.63) is 35.4 Å². The molecule has 1 aromatic carbocycles. The molecule has 2 saturated heterocycles. The van der Waals surface area contributed by atoms with Gasteiger partial charge in [-0.3, -0.25) is 14.5 Å². The van der Waals surface area contributed by atoms with Crippen LogP contribution >= 0.6 is 0 Å². The van der Waals surface area contributed by atoms with Gasteiger partial charge in [-0.15, -0.1) is 0 Å². The largest absolute Gasteiger partial charge is 0.342 e. The van der Waals surface area contributed by atoms with E-state index in [2.05, 4.69) is 0 Å². The molecule has 0 spiro atoms. The van der Waals surface area contributed by atoms with Gasteiger partial charge in [0.05, 0.1) is 6.54 Å². The van der Waals surface area contributed by atoms with Gasteiger partial charge < -0.3 is 9.80 Å². The van der Waals surface area contributed by atoms with Gasteiger partial charge in [-0.2, -0.15) is 0 Å². The lowest BCUT2D eigenvalue weighted by Crippen LogP contribution is -2.52. The van der Waals surface area contributed by atoms with Crippen LogP contribution in [0, 0.1) is 11.6 Å². The normalized spacial score (nSPS) is 19.1. The molecule has 2 aliphatic heterocycles. The van der Waals surface area contributed by atoms with Gasteiger partial charge in [0.25, 0.3) is 5.91 Å². The fraction of sp³-hybridized carbons (Fsp3) is 0.556. The number of nitrogens with zero attached hydrogens (tertiary/aromatic N) is 3. The van der Waals surface area contributed by atoms with Gasteiger partial charge in [0, 0.05) is 39.3 Å². The Balaban J connectivity index is 1.53. The van der Waals surface area contributed by atoms with Crippen molar-refractivity contribution in [2.45, 2.75) is 19.3 Å². The summed E-state index contributed by atoms with van der Waals surface area (Å²) in [5.41, 5.74) is -0.500. The number of carbonyl (C=O) groups is 2. The van der Waals surface area contributed by atoms with E-state index in [1.54, 1.807) is 0 Å². The second-order valence-electron chi connectivity index (χ2n) is 6.61. The molecule has 2 amide bonds. The summed E-state index contributed by atoms with van der Waals surface area (Å²) >= 11 is 0. The third kappa shape index (κ3) is 4.15. The van der Waals surface area contributed by atoms with Crippen LogP contribution in [0.5, 0.6) is 0 Å². The molecule has 0 bridgehead atoms. The van der Waals surface area contributed by atoms with Crippen LogP contribution in [0.4, 0.5) is 8.78 Å². The number of benzene rings is 1. The van der Waals surface area contributed by atoms with E-state index in [1.165, 1.54) is 17.4 Å². The van der Waals surface area contributed by atoms with Crippen LogP contribution in [0.3, 0.4) is 0 Å². The molecule has 0 N–H and O–H groups in total. The van der Waals surface area contributed by atoms with E-state index < -0.39 is 23.1 Å². The highest BCUT2D eigenvalue weighted by atomic mass is 19.1. The molecule has 25 heavy (non-hydrogen) atoms. The number of carbonyl (C=O) groups excluding carboxylic acids is 2. The molecule has 2 aliphatic rings. The summed E-state index contributed by atoms with van der Waals surface area (Å²) in [5.74, 6) is -2.18. The van der Waals surface area contributed by atoms with Crippen LogP contribution in [0.2, 0.25) is 0 Å². The lowest BCUT2D eigenvalue weighted by atomic mass is 10.1. The zero-order chi connectivity index (χ0) is 17.8. The average molecular weight is 351 g/mol. The molecule has 3 rings (SSSR count). The Morgan fingerprint density at radius 2 is 1.44 bits per heavy atom. The first kappa shape index (κ1) is 17.8. The minimum Gasteiger partial charge on any atom is -0.342 e. The monoisotopic (exact) mass is 351 g/mol. The number of likely N-dealkylation sites (tertiary alicyclic amines) is 1. The number of piperidine rings is 1. The fourth-order valence-corrected chi connectivity index (χ4v) is 3.40. The van der Waals surface area contributed by atoms with Crippen LogP contribution in [-0.2, 0) is 4.79 Å². The first-order valence-electron chi connectivity index (χ1n) is 8.79. The van der Waals surface area contributed by atoms with Gasteiger partial charge in [0.1, 0.15) is 17.2 Å². The molecule has 7 heteroatoms. The van der Waals surface area contributed by atoms with Crippen molar-refractivity contribution in [3.63, 3.8) is 0 Å². The molecule has 2 heterocycles. The SMILES string of the molecule is O=C(CN1CCN(C(=O)c2c(F)cccc2F)CC1)N1CCCCC1. The van der Waals surface area contributed by atoms with Crippen molar-refractivity contribution in [1.82, 2.24) is 14.7 Å². The predicted molar refractivity (Wildman–Crippen MR) is 89.1 cm³/mol. The Hall–Kier alpha value is -2.02. The van der Waals surface area contributed by atoms with Crippen LogP contribution < -0.4 is 0 Å². The van der Waals surface area contributed by atoms with E-state index in [-0.39, 0.29) is 5.91 Å². The topological polar surface area (TPSA) is 43.9 Å². The van der Waals surface area contributed by atoms with E-state index in [4.69, 9.17) is 0 Å². The van der Waals surface area contributed by atoms with E-state index >= 15 is 0 Å². The van der Waals surface area contributed by atoms with Crippen molar-refractivity contribution in [2.75, 3.05) is 45.8 Å². The van der Waals surface area contributed by atoms with Gasteiger partial charge in [-0.1, -0.05) is 6.07 Å². The van der Waals surface area contributed by atoms with Gasteiger partial charge >= 0.3 is 0 Å². The second kappa shape index (κ2) is 7.91. The molecule has 0 atom stereocenters. The summed E-state index contributed by atoms with van der Waals surface area (Å²) in [6.45, 7) is 3.77. The third-order valence-electron chi connectivity index (χ3n) is 4.90. The number of halogens is 2. The van der Waals surface area contributed by atoms with Crippen molar-refractivity contribution >= 4 is 11.8 Å². The third-order valence-corrected chi connectivity index (χ3v) is 4.90. The minimum absolute atomic E-state index is 0.125. The van der Waals surface area contributed by atoms with Crippen LogP contribution in [0.15, 0.2) is 18.2 Å². The standard InChI is InChI=1S/C18H23F2N3O2/c19-14-5-4-6-15(20)17(14)18(25)23-11-9-21(10-12-23)13-16(24)22-7-2-1-3-8-22/h4-6H,1-3,7-13H2. The summed E-state index contributed by atoms with van der Waals surface area (Å²) < 4.78 is 27.5. The van der Waals surface area contributed by atoms with Crippen molar-refractivity contribution in [2.24, 2.45) is 0 Å². The smallest absolute Gasteiger partial charge is 0.259 e. The lowest BCUT2D eigenvalue weighted by Gasteiger charge is -2.36. The highest BCUT2D eigenvalue weighted by Gasteiger charge is 2.28. The summed E-state index contributed by atoms with van der Waals surface area (Å²) in [6.07, 6.45) is 3.29. The van der Waals surface area contributed by atoms with Crippen LogP contribution in [0.25, 0.3) is 0 Å². The number of piperazine rings is 1. The first-order valence-corrected chi connectivity index (χ1v) is 8.79. The quantitative estimate of drug-likeness (QED) is 0.833. The molecule has 5 nitrogen and oxygen atoms in total. The number of hydrogen-bond acceptors (Lipinski definition) is 3. The van der Waals surface area contributed by atoms with Gasteiger partial charge in [0.15, 0.2) is 0 Å². The summed E-state index contributed by atoms with van der Waals surface area (Å²) in [7, 11) is 0. The minimum atomic E-state index is -0.840. The Morgan fingerprint density at radius 1 is 0.840 bits per heavy atom. The highest BCUT2D eigenvalue weighted by molar-refractivity contribution is 5.94. The molecule has 0 saturated carbocycles. The summed E-state index contributed by atoms with van der Waals surface area (Å²) in [5, 5.41) is 0. The summed E-state index contributed by atoms with van der Waals surface area (Å²) in [4.78, 5) is 30.0.